The van der Waals surface area contributed by atoms with E-state index in [1.54, 1.807) is 11.6 Å². The van der Waals surface area contributed by atoms with E-state index in [4.69, 9.17) is 0 Å². The minimum Gasteiger partial charge on any atom is -0.350 e. The Morgan fingerprint density at radius 3 is 2.48 bits per heavy atom. The highest BCUT2D eigenvalue weighted by Crippen LogP contribution is 2.16. The zero-order valence-corrected chi connectivity index (χ0v) is 17.9. The molecular formula is C24H25N5O2. The highest BCUT2D eigenvalue weighted by molar-refractivity contribution is 5.77. The largest absolute Gasteiger partial charge is 0.350 e. The fourth-order valence-corrected chi connectivity index (χ4v) is 3.60. The average molecular weight is 415 g/mol. The van der Waals surface area contributed by atoms with E-state index in [1.807, 2.05) is 68.4 Å². The van der Waals surface area contributed by atoms with Gasteiger partial charge in [0.15, 0.2) is 5.65 Å². The van der Waals surface area contributed by atoms with E-state index in [1.165, 1.54) is 10.8 Å². The van der Waals surface area contributed by atoms with Gasteiger partial charge in [-0.1, -0.05) is 48.0 Å². The molecule has 0 aliphatic rings. The third-order valence-corrected chi connectivity index (χ3v) is 5.40. The number of fused-ring (bicyclic) bond motifs is 1. The molecule has 2 heterocycles. The Labute approximate surface area is 180 Å². The third kappa shape index (κ3) is 4.26. The van der Waals surface area contributed by atoms with Crippen LogP contribution in [0.2, 0.25) is 0 Å². The number of benzene rings is 2. The average Bonchev–Trinajstić information content (AvgIpc) is 3.18. The molecule has 4 rings (SSSR count). The van der Waals surface area contributed by atoms with Crippen molar-refractivity contribution < 1.29 is 4.79 Å². The highest BCUT2D eigenvalue weighted by Gasteiger charge is 2.16. The minimum atomic E-state index is -0.190. The number of carbonyl (C=O) groups excluding carboxylic acids is 1. The van der Waals surface area contributed by atoms with Crippen LogP contribution in [0, 0.1) is 13.8 Å². The number of rotatable bonds is 6. The molecular weight excluding hydrogens is 390 g/mol. The Hall–Kier alpha value is -3.74. The Morgan fingerprint density at radius 2 is 1.77 bits per heavy atom. The number of hydrogen-bond acceptors (Lipinski definition) is 4. The molecule has 0 radical (unpaired) electrons. The zero-order valence-electron chi connectivity index (χ0n) is 17.9. The van der Waals surface area contributed by atoms with Crippen LogP contribution in [0.25, 0.3) is 16.7 Å². The van der Waals surface area contributed by atoms with Crippen molar-refractivity contribution in [3.05, 3.63) is 88.1 Å². The number of carbonyl (C=O) groups is 1. The van der Waals surface area contributed by atoms with Crippen LogP contribution in [-0.4, -0.2) is 25.2 Å². The summed E-state index contributed by atoms with van der Waals surface area (Å²) in [6.07, 6.45) is 1.73. The maximum absolute atomic E-state index is 13.0. The number of aromatic nitrogens is 4. The quantitative estimate of drug-likeness (QED) is 0.523. The first kappa shape index (κ1) is 20.5. The van der Waals surface area contributed by atoms with Crippen LogP contribution in [0.4, 0.5) is 0 Å². The molecule has 0 aliphatic heterocycles. The molecule has 0 saturated carbocycles. The van der Waals surface area contributed by atoms with Gasteiger partial charge in [-0.2, -0.15) is 5.10 Å². The predicted molar refractivity (Wildman–Crippen MR) is 120 cm³/mol. The van der Waals surface area contributed by atoms with E-state index in [0.717, 1.165) is 16.8 Å². The number of nitrogens with one attached hydrogen (secondary N) is 1. The van der Waals surface area contributed by atoms with Gasteiger partial charge in [-0.15, -0.1) is 0 Å². The maximum atomic E-state index is 13.0. The van der Waals surface area contributed by atoms with E-state index >= 15 is 0 Å². The molecule has 1 atom stereocenters. The van der Waals surface area contributed by atoms with Gasteiger partial charge in [-0.25, -0.2) is 9.67 Å². The standard InChI is InChI=1S/C24H25N5O2/c1-16-9-11-20(12-10-16)29-23-21(15-25-29)24(31)28(18(3)27-23)14-13-22(30)26-17(2)19-7-5-4-6-8-19/h4-12,15,17H,13-14H2,1-3H3,(H,26,30). The second-order valence-corrected chi connectivity index (χ2v) is 7.69. The molecule has 0 bridgehead atoms. The number of nitrogens with zero attached hydrogens (tertiary/aromatic N) is 4. The normalized spacial score (nSPS) is 12.1. The first-order valence-corrected chi connectivity index (χ1v) is 10.3. The molecule has 0 saturated heterocycles. The molecule has 7 nitrogen and oxygen atoms in total. The van der Waals surface area contributed by atoms with E-state index in [-0.39, 0.29) is 30.5 Å². The fraction of sp³-hybridized carbons (Fsp3) is 0.250. The first-order valence-electron chi connectivity index (χ1n) is 10.3. The molecule has 4 aromatic rings. The van der Waals surface area contributed by atoms with Gasteiger partial charge in [0.05, 0.1) is 17.9 Å². The topological polar surface area (TPSA) is 81.8 Å². The first-order chi connectivity index (χ1) is 14.9. The third-order valence-electron chi connectivity index (χ3n) is 5.40. The summed E-state index contributed by atoms with van der Waals surface area (Å²) in [4.78, 5) is 30.1. The fourth-order valence-electron chi connectivity index (χ4n) is 3.60. The van der Waals surface area contributed by atoms with Gasteiger partial charge in [-0.3, -0.25) is 14.2 Å². The van der Waals surface area contributed by atoms with Gasteiger partial charge in [0, 0.05) is 13.0 Å². The molecule has 2 aromatic carbocycles. The van der Waals surface area contributed by atoms with Crippen molar-refractivity contribution in [3.8, 4) is 5.69 Å². The SMILES string of the molecule is Cc1ccc(-n2ncc3c(=O)n(CCC(=O)NC(C)c4ccccc4)c(C)nc32)cc1. The number of aryl methyl sites for hydroxylation is 2. The Balaban J connectivity index is 1.53. The lowest BCUT2D eigenvalue weighted by Gasteiger charge is -2.15. The van der Waals surface area contributed by atoms with Crippen LogP contribution < -0.4 is 10.9 Å². The van der Waals surface area contributed by atoms with E-state index in [2.05, 4.69) is 15.4 Å². The Kier molecular flexibility index (Phi) is 5.66. The predicted octanol–water partition coefficient (Wildman–Crippen LogP) is 3.47. The molecule has 1 amide bonds. The lowest BCUT2D eigenvalue weighted by atomic mass is 10.1. The van der Waals surface area contributed by atoms with Crippen LogP contribution >= 0.6 is 0 Å². The van der Waals surface area contributed by atoms with Crippen LogP contribution in [-0.2, 0) is 11.3 Å². The molecule has 0 spiro atoms. The van der Waals surface area contributed by atoms with E-state index in [0.29, 0.717) is 16.9 Å². The molecule has 7 heteroatoms. The molecule has 2 aromatic heterocycles. The Bertz CT molecular complexity index is 1270. The van der Waals surface area contributed by atoms with Crippen molar-refractivity contribution in [2.75, 3.05) is 0 Å². The molecule has 31 heavy (non-hydrogen) atoms. The van der Waals surface area contributed by atoms with Crippen molar-refractivity contribution in [1.29, 1.82) is 0 Å². The van der Waals surface area contributed by atoms with E-state index in [9.17, 15) is 9.59 Å². The summed E-state index contributed by atoms with van der Waals surface area (Å²) in [7, 11) is 0. The molecule has 1 unspecified atom stereocenters. The van der Waals surface area contributed by atoms with Crippen molar-refractivity contribution >= 4 is 16.9 Å². The summed E-state index contributed by atoms with van der Waals surface area (Å²) in [6, 6.07) is 17.6. The van der Waals surface area contributed by atoms with Crippen LogP contribution in [0.15, 0.2) is 65.6 Å². The summed E-state index contributed by atoms with van der Waals surface area (Å²) in [6.45, 7) is 6.00. The van der Waals surface area contributed by atoms with Crippen molar-refractivity contribution in [2.45, 2.75) is 39.8 Å². The minimum absolute atomic E-state index is 0.0973. The van der Waals surface area contributed by atoms with Gasteiger partial charge in [0.1, 0.15) is 11.2 Å². The highest BCUT2D eigenvalue weighted by atomic mass is 16.2. The van der Waals surface area contributed by atoms with Crippen LogP contribution in [0.1, 0.15) is 36.3 Å². The van der Waals surface area contributed by atoms with E-state index < -0.39 is 0 Å². The van der Waals surface area contributed by atoms with Gasteiger partial charge in [0.2, 0.25) is 5.91 Å². The summed E-state index contributed by atoms with van der Waals surface area (Å²) < 4.78 is 3.21. The van der Waals surface area contributed by atoms with Crippen molar-refractivity contribution in [3.63, 3.8) is 0 Å². The summed E-state index contributed by atoms with van der Waals surface area (Å²) in [5, 5.41) is 7.78. The van der Waals surface area contributed by atoms with Crippen molar-refractivity contribution in [2.24, 2.45) is 0 Å². The molecule has 0 fully saturated rings. The molecule has 0 aliphatic carbocycles. The van der Waals surface area contributed by atoms with Crippen LogP contribution in [0.5, 0.6) is 0 Å². The Morgan fingerprint density at radius 1 is 1.06 bits per heavy atom. The lowest BCUT2D eigenvalue weighted by molar-refractivity contribution is -0.121. The summed E-state index contributed by atoms with van der Waals surface area (Å²) >= 11 is 0. The van der Waals surface area contributed by atoms with Gasteiger partial charge < -0.3 is 5.32 Å². The van der Waals surface area contributed by atoms with Crippen molar-refractivity contribution in [1.82, 2.24) is 24.6 Å². The zero-order chi connectivity index (χ0) is 22.0. The molecule has 158 valence electrons. The smallest absolute Gasteiger partial charge is 0.264 e. The monoisotopic (exact) mass is 415 g/mol. The second kappa shape index (κ2) is 8.55. The van der Waals surface area contributed by atoms with Crippen LogP contribution in [0.3, 0.4) is 0 Å². The van der Waals surface area contributed by atoms with Gasteiger partial charge >= 0.3 is 0 Å². The second-order valence-electron chi connectivity index (χ2n) is 7.69. The summed E-state index contributed by atoms with van der Waals surface area (Å²) in [5.41, 5.74) is 3.36. The summed E-state index contributed by atoms with van der Waals surface area (Å²) in [5.74, 6) is 0.438. The number of amides is 1. The van der Waals surface area contributed by atoms with Gasteiger partial charge in [-0.05, 0) is 38.5 Å². The van der Waals surface area contributed by atoms with Gasteiger partial charge in [0.25, 0.3) is 5.56 Å². The maximum Gasteiger partial charge on any atom is 0.264 e. The number of hydrogen-bond donors (Lipinski definition) is 1. The lowest BCUT2D eigenvalue weighted by Crippen LogP contribution is -2.30. The molecule has 1 N–H and O–H groups in total.